The van der Waals surface area contributed by atoms with Crippen molar-refractivity contribution in [3.05, 3.63) is 12.2 Å². The fraction of sp³-hybridized carbons (Fsp3) is 0.896. The highest BCUT2D eigenvalue weighted by molar-refractivity contribution is 5.71. The van der Waals surface area contributed by atoms with Crippen molar-refractivity contribution < 1.29 is 28.6 Å². The first kappa shape index (κ1) is 52.2. The molecule has 0 unspecified atom stereocenters. The zero-order chi connectivity index (χ0) is 39.4. The van der Waals surface area contributed by atoms with E-state index in [0.717, 1.165) is 64.2 Å². The number of carbonyl (C=O) groups excluding carboxylic acids is 3. The number of rotatable bonds is 43. The quantitative estimate of drug-likeness (QED) is 0.0266. The van der Waals surface area contributed by atoms with Gasteiger partial charge in [-0.2, -0.15) is 0 Å². The Balaban J connectivity index is 4.32. The predicted molar refractivity (Wildman–Crippen MR) is 229 cm³/mol. The van der Waals surface area contributed by atoms with Gasteiger partial charge in [0.05, 0.1) is 0 Å². The molecule has 1 atom stereocenters. The summed E-state index contributed by atoms with van der Waals surface area (Å²) >= 11 is 0. The van der Waals surface area contributed by atoms with Gasteiger partial charge in [-0.3, -0.25) is 14.4 Å². The number of hydrogen-bond donors (Lipinski definition) is 0. The van der Waals surface area contributed by atoms with Crippen LogP contribution in [0.15, 0.2) is 12.2 Å². The predicted octanol–water partition coefficient (Wildman–Crippen LogP) is 15.0. The molecular weight excluding hydrogens is 673 g/mol. The molecule has 0 aliphatic carbocycles. The van der Waals surface area contributed by atoms with Crippen molar-refractivity contribution in [2.45, 2.75) is 264 Å². The van der Waals surface area contributed by atoms with Crippen LogP contribution in [0.3, 0.4) is 0 Å². The van der Waals surface area contributed by atoms with Crippen molar-refractivity contribution in [3.8, 4) is 0 Å². The smallest absolute Gasteiger partial charge is 0.306 e. The summed E-state index contributed by atoms with van der Waals surface area (Å²) in [4.78, 5) is 37.7. The third-order valence-electron chi connectivity index (χ3n) is 10.5. The lowest BCUT2D eigenvalue weighted by Crippen LogP contribution is -2.30. The maximum absolute atomic E-state index is 12.7. The fourth-order valence-electron chi connectivity index (χ4n) is 6.91. The maximum atomic E-state index is 12.7. The van der Waals surface area contributed by atoms with Crippen LogP contribution in [0, 0.1) is 0 Å². The molecule has 0 radical (unpaired) electrons. The van der Waals surface area contributed by atoms with E-state index in [1.54, 1.807) is 0 Å². The normalized spacial score (nSPS) is 12.0. The lowest BCUT2D eigenvalue weighted by atomic mass is 10.0. The van der Waals surface area contributed by atoms with Crippen LogP contribution in [0.2, 0.25) is 0 Å². The summed E-state index contributed by atoms with van der Waals surface area (Å²) in [6, 6.07) is 0. The third-order valence-corrected chi connectivity index (χ3v) is 10.5. The van der Waals surface area contributed by atoms with E-state index in [-0.39, 0.29) is 31.1 Å². The third kappa shape index (κ3) is 41.3. The highest BCUT2D eigenvalue weighted by atomic mass is 16.6. The number of esters is 3. The van der Waals surface area contributed by atoms with Gasteiger partial charge in [-0.15, -0.1) is 0 Å². The minimum atomic E-state index is -0.764. The summed E-state index contributed by atoms with van der Waals surface area (Å²) in [6.07, 6.45) is 46.2. The molecule has 0 aromatic carbocycles. The molecule has 0 fully saturated rings. The van der Waals surface area contributed by atoms with E-state index < -0.39 is 6.10 Å². The largest absolute Gasteiger partial charge is 0.462 e. The summed E-state index contributed by atoms with van der Waals surface area (Å²) in [6.45, 7) is 6.62. The lowest BCUT2D eigenvalue weighted by molar-refractivity contribution is -0.167. The Bertz CT molecular complexity index is 839. The van der Waals surface area contributed by atoms with E-state index in [1.165, 1.54) is 154 Å². The molecule has 0 heterocycles. The standard InChI is InChI=1S/C48H90O6/c1-4-7-10-13-16-19-21-23-25-26-29-32-35-38-41-47(50)53-44-45(43-52-46(49)40-37-34-31-28-18-15-12-9-6-3)54-48(51)42-39-36-33-30-27-24-22-20-17-14-11-8-5-2/h21,23,45H,4-20,22,24-44H2,1-3H3/b23-21-/t45-/m1/s1. The molecule has 0 N–H and O–H groups in total. The Labute approximate surface area is 335 Å². The Kier molecular flexibility index (Phi) is 42.4. The van der Waals surface area contributed by atoms with Gasteiger partial charge in [-0.05, 0) is 44.9 Å². The molecule has 0 amide bonds. The summed E-state index contributed by atoms with van der Waals surface area (Å²) in [5.74, 6) is -0.869. The van der Waals surface area contributed by atoms with Gasteiger partial charge in [-0.25, -0.2) is 0 Å². The first-order valence-electron chi connectivity index (χ1n) is 23.7. The maximum Gasteiger partial charge on any atom is 0.306 e. The molecular formula is C48H90O6. The molecule has 0 rings (SSSR count). The van der Waals surface area contributed by atoms with Gasteiger partial charge in [0.25, 0.3) is 0 Å². The molecule has 0 aliphatic heterocycles. The van der Waals surface area contributed by atoms with Crippen molar-refractivity contribution in [2.24, 2.45) is 0 Å². The first-order chi connectivity index (χ1) is 26.5. The SMILES string of the molecule is CCCCCCC/C=C\CCCCCCCC(=O)OC[C@@H](COC(=O)CCCCCCCCCCC)OC(=O)CCCCCCCCCCCCCCC. The van der Waals surface area contributed by atoms with Crippen LogP contribution in [-0.4, -0.2) is 37.2 Å². The highest BCUT2D eigenvalue weighted by Crippen LogP contribution is 2.15. The van der Waals surface area contributed by atoms with Gasteiger partial charge < -0.3 is 14.2 Å². The molecule has 0 aliphatic rings. The minimum Gasteiger partial charge on any atom is -0.462 e. The fourth-order valence-corrected chi connectivity index (χ4v) is 6.91. The molecule has 0 bridgehead atoms. The number of hydrogen-bond acceptors (Lipinski definition) is 6. The van der Waals surface area contributed by atoms with Crippen molar-refractivity contribution in [2.75, 3.05) is 13.2 Å². The molecule has 6 nitrogen and oxygen atoms in total. The summed E-state index contributed by atoms with van der Waals surface area (Å²) in [7, 11) is 0. The van der Waals surface area contributed by atoms with E-state index in [9.17, 15) is 14.4 Å². The van der Waals surface area contributed by atoms with Crippen LogP contribution >= 0.6 is 0 Å². The number of carbonyl (C=O) groups is 3. The van der Waals surface area contributed by atoms with Gasteiger partial charge in [0, 0.05) is 19.3 Å². The van der Waals surface area contributed by atoms with Crippen LogP contribution < -0.4 is 0 Å². The first-order valence-corrected chi connectivity index (χ1v) is 23.7. The van der Waals surface area contributed by atoms with Crippen LogP contribution in [0.4, 0.5) is 0 Å². The van der Waals surface area contributed by atoms with Crippen LogP contribution in [0.25, 0.3) is 0 Å². The van der Waals surface area contributed by atoms with E-state index in [2.05, 4.69) is 32.9 Å². The van der Waals surface area contributed by atoms with E-state index in [0.29, 0.717) is 19.3 Å². The Morgan fingerprint density at radius 1 is 0.352 bits per heavy atom. The van der Waals surface area contributed by atoms with Crippen molar-refractivity contribution >= 4 is 17.9 Å². The van der Waals surface area contributed by atoms with E-state index in [1.807, 2.05) is 0 Å². The second kappa shape index (κ2) is 43.9. The molecule has 0 spiro atoms. The molecule has 318 valence electrons. The molecule has 54 heavy (non-hydrogen) atoms. The van der Waals surface area contributed by atoms with E-state index in [4.69, 9.17) is 14.2 Å². The zero-order valence-corrected chi connectivity index (χ0v) is 36.3. The topological polar surface area (TPSA) is 78.9 Å². The summed E-state index contributed by atoms with van der Waals surface area (Å²) < 4.78 is 16.7. The second-order valence-electron chi connectivity index (χ2n) is 16.0. The van der Waals surface area contributed by atoms with Crippen LogP contribution in [0.5, 0.6) is 0 Å². The van der Waals surface area contributed by atoms with Crippen LogP contribution in [-0.2, 0) is 28.6 Å². The molecule has 0 aromatic rings. The number of allylic oxidation sites excluding steroid dienone is 2. The minimum absolute atomic E-state index is 0.0683. The molecule has 0 saturated carbocycles. The van der Waals surface area contributed by atoms with Gasteiger partial charge in [0.2, 0.25) is 0 Å². The number of unbranched alkanes of at least 4 members (excludes halogenated alkanes) is 30. The molecule has 0 aromatic heterocycles. The Morgan fingerprint density at radius 2 is 0.611 bits per heavy atom. The van der Waals surface area contributed by atoms with Crippen molar-refractivity contribution in [3.63, 3.8) is 0 Å². The van der Waals surface area contributed by atoms with E-state index >= 15 is 0 Å². The second-order valence-corrected chi connectivity index (χ2v) is 16.0. The monoisotopic (exact) mass is 763 g/mol. The van der Waals surface area contributed by atoms with Gasteiger partial charge in [0.1, 0.15) is 13.2 Å². The molecule has 6 heteroatoms. The zero-order valence-electron chi connectivity index (χ0n) is 36.3. The summed E-state index contributed by atoms with van der Waals surface area (Å²) in [5, 5.41) is 0. The van der Waals surface area contributed by atoms with Crippen molar-refractivity contribution in [1.29, 1.82) is 0 Å². The number of ether oxygens (including phenoxy) is 3. The van der Waals surface area contributed by atoms with Gasteiger partial charge in [0.15, 0.2) is 6.10 Å². The molecule has 0 saturated heterocycles. The Morgan fingerprint density at radius 3 is 0.926 bits per heavy atom. The van der Waals surface area contributed by atoms with Crippen molar-refractivity contribution in [1.82, 2.24) is 0 Å². The Hall–Kier alpha value is -1.85. The van der Waals surface area contributed by atoms with Gasteiger partial charge >= 0.3 is 17.9 Å². The van der Waals surface area contributed by atoms with Gasteiger partial charge in [-0.1, -0.05) is 206 Å². The van der Waals surface area contributed by atoms with Crippen LogP contribution in [0.1, 0.15) is 258 Å². The lowest BCUT2D eigenvalue weighted by Gasteiger charge is -2.18. The average Bonchev–Trinajstić information content (AvgIpc) is 3.17. The summed E-state index contributed by atoms with van der Waals surface area (Å²) in [5.41, 5.74) is 0. The highest BCUT2D eigenvalue weighted by Gasteiger charge is 2.19. The average molecular weight is 763 g/mol.